The molecule has 1 aromatic carbocycles. The number of rotatable bonds is 5. The molecule has 0 saturated carbocycles. The lowest BCUT2D eigenvalue weighted by Crippen LogP contribution is -2.20. The van der Waals surface area contributed by atoms with Crippen molar-refractivity contribution in [2.45, 2.75) is 6.54 Å². The molecule has 0 fully saturated rings. The van der Waals surface area contributed by atoms with Gasteiger partial charge in [0.25, 0.3) is 0 Å². The van der Waals surface area contributed by atoms with Gasteiger partial charge < -0.3 is 14.0 Å². The second-order valence-corrected chi connectivity index (χ2v) is 5.00. The second-order valence-electron chi connectivity index (χ2n) is 5.00. The van der Waals surface area contributed by atoms with E-state index in [9.17, 15) is 9.59 Å². The normalized spacial score (nSPS) is 10.5. The largest absolute Gasteiger partial charge is 0.465 e. The molecule has 0 bridgehead atoms. The third-order valence-electron chi connectivity index (χ3n) is 3.57. The van der Waals surface area contributed by atoms with Gasteiger partial charge in [0.05, 0.1) is 19.2 Å². The highest BCUT2D eigenvalue weighted by atomic mass is 16.5. The van der Waals surface area contributed by atoms with Gasteiger partial charge in [-0.15, -0.1) is 0 Å². The summed E-state index contributed by atoms with van der Waals surface area (Å²) in [6, 6.07) is 10.7. The molecule has 6 nitrogen and oxygen atoms in total. The lowest BCUT2D eigenvalue weighted by atomic mass is 10.1. The number of nitrogens with zero attached hydrogens (tertiary/aromatic N) is 3. The average molecular weight is 309 g/mol. The van der Waals surface area contributed by atoms with Crippen molar-refractivity contribution in [3.63, 3.8) is 0 Å². The second kappa shape index (κ2) is 6.31. The van der Waals surface area contributed by atoms with E-state index in [2.05, 4.69) is 9.72 Å². The van der Waals surface area contributed by atoms with Crippen LogP contribution in [0.3, 0.4) is 0 Å². The summed E-state index contributed by atoms with van der Waals surface area (Å²) in [5, 5.41) is 0. The zero-order valence-corrected chi connectivity index (χ0v) is 12.5. The third-order valence-corrected chi connectivity index (χ3v) is 3.57. The van der Waals surface area contributed by atoms with Gasteiger partial charge in [-0.05, 0) is 23.8 Å². The quantitative estimate of drug-likeness (QED) is 0.536. The molecule has 0 N–H and O–H groups in total. The number of ether oxygens (including phenoxy) is 1. The molecule has 0 radical (unpaired) electrons. The standard InChI is InChI=1S/C17H15N3O3/c1-23-17(22)14-4-2-13(3-5-14)11-20(12-21)15-6-8-19-9-7-18-16(19)10-15/h2-10,12H,11H2,1H3. The van der Waals surface area contributed by atoms with Crippen LogP contribution in [0.25, 0.3) is 5.65 Å². The molecule has 0 aliphatic rings. The first-order chi connectivity index (χ1) is 11.2. The van der Waals surface area contributed by atoms with Gasteiger partial charge in [0.1, 0.15) is 5.65 Å². The van der Waals surface area contributed by atoms with Crippen LogP contribution in [0.5, 0.6) is 0 Å². The number of imidazole rings is 1. The SMILES string of the molecule is COC(=O)c1ccc(CN(C=O)c2ccn3ccnc3c2)cc1. The minimum Gasteiger partial charge on any atom is -0.465 e. The van der Waals surface area contributed by atoms with Gasteiger partial charge in [0, 0.05) is 30.3 Å². The molecule has 3 aromatic rings. The van der Waals surface area contributed by atoms with Crippen LogP contribution in [-0.2, 0) is 16.1 Å². The van der Waals surface area contributed by atoms with Gasteiger partial charge in [-0.25, -0.2) is 9.78 Å². The van der Waals surface area contributed by atoms with Crippen LogP contribution in [0.1, 0.15) is 15.9 Å². The van der Waals surface area contributed by atoms with Crippen molar-refractivity contribution in [3.8, 4) is 0 Å². The maximum atomic E-state index is 11.4. The van der Waals surface area contributed by atoms with E-state index in [0.29, 0.717) is 12.1 Å². The molecular formula is C17H15N3O3. The summed E-state index contributed by atoms with van der Waals surface area (Å²) in [6.45, 7) is 0.405. The molecule has 0 saturated heterocycles. The molecule has 0 aliphatic heterocycles. The molecule has 6 heteroatoms. The molecule has 0 spiro atoms. The van der Waals surface area contributed by atoms with Crippen LogP contribution >= 0.6 is 0 Å². The third kappa shape index (κ3) is 3.06. The number of hydrogen-bond donors (Lipinski definition) is 0. The number of pyridine rings is 1. The Bertz CT molecular complexity index is 840. The van der Waals surface area contributed by atoms with Crippen LogP contribution < -0.4 is 4.90 Å². The molecular weight excluding hydrogens is 294 g/mol. The van der Waals surface area contributed by atoms with Crippen molar-refractivity contribution < 1.29 is 14.3 Å². The summed E-state index contributed by atoms with van der Waals surface area (Å²) in [7, 11) is 1.34. The first kappa shape index (κ1) is 14.8. The highest BCUT2D eigenvalue weighted by Gasteiger charge is 2.09. The van der Waals surface area contributed by atoms with Crippen molar-refractivity contribution in [3.05, 3.63) is 66.1 Å². The summed E-state index contributed by atoms with van der Waals surface area (Å²) in [5.41, 5.74) is 2.92. The van der Waals surface area contributed by atoms with Crippen molar-refractivity contribution >= 4 is 23.7 Å². The maximum absolute atomic E-state index is 11.4. The van der Waals surface area contributed by atoms with Crippen LogP contribution in [0.15, 0.2) is 55.0 Å². The van der Waals surface area contributed by atoms with E-state index in [4.69, 9.17) is 0 Å². The Morgan fingerprint density at radius 3 is 2.74 bits per heavy atom. The maximum Gasteiger partial charge on any atom is 0.337 e. The van der Waals surface area contributed by atoms with Gasteiger partial charge in [-0.2, -0.15) is 0 Å². The number of hydrogen-bond acceptors (Lipinski definition) is 4. The van der Waals surface area contributed by atoms with Crippen LogP contribution in [0, 0.1) is 0 Å². The van der Waals surface area contributed by atoms with E-state index in [0.717, 1.165) is 23.3 Å². The zero-order valence-electron chi connectivity index (χ0n) is 12.5. The number of fused-ring (bicyclic) bond motifs is 1. The minimum absolute atomic E-state index is 0.381. The highest BCUT2D eigenvalue weighted by molar-refractivity contribution is 5.89. The number of methoxy groups -OCH3 is 1. The molecule has 3 rings (SSSR count). The fraction of sp³-hybridized carbons (Fsp3) is 0.118. The van der Waals surface area contributed by atoms with E-state index in [1.165, 1.54) is 7.11 Å². The summed E-state index contributed by atoms with van der Waals surface area (Å²) in [6.07, 6.45) is 6.18. The molecule has 2 aromatic heterocycles. The van der Waals surface area contributed by atoms with Crippen molar-refractivity contribution in [2.75, 3.05) is 12.0 Å². The van der Waals surface area contributed by atoms with Crippen LogP contribution in [0.4, 0.5) is 5.69 Å². The Balaban J connectivity index is 1.81. The number of amides is 1. The monoisotopic (exact) mass is 309 g/mol. The predicted molar refractivity (Wildman–Crippen MR) is 85.2 cm³/mol. The van der Waals surface area contributed by atoms with Gasteiger partial charge in [-0.3, -0.25) is 4.79 Å². The molecule has 1 amide bonds. The van der Waals surface area contributed by atoms with E-state index in [1.54, 1.807) is 35.4 Å². The molecule has 0 aliphatic carbocycles. The minimum atomic E-state index is -0.381. The molecule has 23 heavy (non-hydrogen) atoms. The fourth-order valence-electron chi connectivity index (χ4n) is 2.33. The summed E-state index contributed by atoms with van der Waals surface area (Å²) in [4.78, 5) is 28.7. The summed E-state index contributed by atoms with van der Waals surface area (Å²) < 4.78 is 6.54. The first-order valence-corrected chi connectivity index (χ1v) is 7.03. The van der Waals surface area contributed by atoms with Crippen LogP contribution in [-0.4, -0.2) is 28.9 Å². The Hall–Kier alpha value is -3.15. The molecule has 2 heterocycles. The number of aromatic nitrogens is 2. The van der Waals surface area contributed by atoms with Gasteiger partial charge in [0.15, 0.2) is 0 Å². The topological polar surface area (TPSA) is 63.9 Å². The summed E-state index contributed by atoms with van der Waals surface area (Å²) >= 11 is 0. The number of carbonyl (C=O) groups excluding carboxylic acids is 2. The predicted octanol–water partition coefficient (Wildman–Crippen LogP) is 2.28. The number of benzene rings is 1. The Kier molecular flexibility index (Phi) is 4.05. The van der Waals surface area contributed by atoms with E-state index in [-0.39, 0.29) is 5.97 Å². The fourth-order valence-corrected chi connectivity index (χ4v) is 2.33. The Morgan fingerprint density at radius 1 is 1.26 bits per heavy atom. The smallest absolute Gasteiger partial charge is 0.337 e. The van der Waals surface area contributed by atoms with Gasteiger partial charge >= 0.3 is 5.97 Å². The lowest BCUT2D eigenvalue weighted by molar-refractivity contribution is -0.107. The van der Waals surface area contributed by atoms with Crippen molar-refractivity contribution in [1.82, 2.24) is 9.38 Å². The van der Waals surface area contributed by atoms with Crippen LogP contribution in [0.2, 0.25) is 0 Å². The summed E-state index contributed by atoms with van der Waals surface area (Å²) in [5.74, 6) is -0.381. The van der Waals surface area contributed by atoms with E-state index < -0.39 is 0 Å². The van der Waals surface area contributed by atoms with Crippen molar-refractivity contribution in [2.24, 2.45) is 0 Å². The highest BCUT2D eigenvalue weighted by Crippen LogP contribution is 2.18. The van der Waals surface area contributed by atoms with Crippen molar-refractivity contribution in [1.29, 1.82) is 0 Å². The lowest BCUT2D eigenvalue weighted by Gasteiger charge is -2.17. The average Bonchev–Trinajstić information content (AvgIpc) is 3.07. The Labute approximate surface area is 132 Å². The Morgan fingerprint density at radius 2 is 2.04 bits per heavy atom. The number of esters is 1. The van der Waals surface area contributed by atoms with Gasteiger partial charge in [-0.1, -0.05) is 12.1 Å². The molecule has 0 atom stereocenters. The molecule has 0 unspecified atom stereocenters. The number of carbonyl (C=O) groups is 2. The number of anilines is 1. The van der Waals surface area contributed by atoms with E-state index >= 15 is 0 Å². The zero-order chi connectivity index (χ0) is 16.2. The van der Waals surface area contributed by atoms with Gasteiger partial charge in [0.2, 0.25) is 6.41 Å². The first-order valence-electron chi connectivity index (χ1n) is 7.03. The van der Waals surface area contributed by atoms with E-state index in [1.807, 2.05) is 28.9 Å². The molecule has 116 valence electrons.